The van der Waals surface area contributed by atoms with Gasteiger partial charge in [0.2, 0.25) is 0 Å². The molecule has 0 saturated carbocycles. The van der Waals surface area contributed by atoms with E-state index in [9.17, 15) is 0 Å². The number of hydrogen-bond donors (Lipinski definition) is 1. The maximum atomic E-state index is 3.43. The fourth-order valence-corrected chi connectivity index (χ4v) is 1.38. The molecule has 0 heterocycles. The highest BCUT2D eigenvalue weighted by molar-refractivity contribution is 7.99. The molecule has 72 valence electrons. The molecular weight excluding hydrogens is 178 g/mol. The summed E-state index contributed by atoms with van der Waals surface area (Å²) in [7, 11) is 0. The van der Waals surface area contributed by atoms with Gasteiger partial charge in [-0.25, -0.2) is 0 Å². The van der Waals surface area contributed by atoms with Crippen LogP contribution in [0, 0.1) is 0 Å². The summed E-state index contributed by atoms with van der Waals surface area (Å²) < 4.78 is 0. The minimum Gasteiger partial charge on any atom is -0.312 e. The standard InChI is InChI=1S/C11H17NS/c1-10(13-2)8-12-9-11-6-4-3-5-7-11/h3-7,10,12H,8-9H2,1-2H3. The molecule has 0 fully saturated rings. The molecule has 1 aromatic carbocycles. The Morgan fingerprint density at radius 2 is 2.00 bits per heavy atom. The van der Waals surface area contributed by atoms with Crippen molar-refractivity contribution in [2.45, 2.75) is 18.7 Å². The molecule has 1 atom stereocenters. The van der Waals surface area contributed by atoms with E-state index in [4.69, 9.17) is 0 Å². The van der Waals surface area contributed by atoms with Crippen molar-refractivity contribution in [2.24, 2.45) is 0 Å². The van der Waals surface area contributed by atoms with Gasteiger partial charge in [0.15, 0.2) is 0 Å². The summed E-state index contributed by atoms with van der Waals surface area (Å²) in [5.41, 5.74) is 1.36. The molecule has 0 amide bonds. The van der Waals surface area contributed by atoms with Gasteiger partial charge in [0, 0.05) is 18.3 Å². The first-order chi connectivity index (χ1) is 6.33. The van der Waals surface area contributed by atoms with E-state index in [2.05, 4.69) is 42.8 Å². The van der Waals surface area contributed by atoms with Crippen molar-refractivity contribution in [3.05, 3.63) is 35.9 Å². The van der Waals surface area contributed by atoms with Gasteiger partial charge in [-0.3, -0.25) is 0 Å². The first-order valence-electron chi connectivity index (χ1n) is 4.60. The molecule has 0 spiro atoms. The first-order valence-corrected chi connectivity index (χ1v) is 5.89. The normalized spacial score (nSPS) is 12.8. The maximum Gasteiger partial charge on any atom is 0.0205 e. The Hall–Kier alpha value is -0.470. The van der Waals surface area contributed by atoms with Gasteiger partial charge in [-0.2, -0.15) is 11.8 Å². The van der Waals surface area contributed by atoms with Gasteiger partial charge in [0.05, 0.1) is 0 Å². The lowest BCUT2D eigenvalue weighted by Gasteiger charge is -2.09. The van der Waals surface area contributed by atoms with Gasteiger partial charge in [-0.05, 0) is 11.8 Å². The number of nitrogens with one attached hydrogen (secondary N) is 1. The Kier molecular flexibility index (Phi) is 4.94. The smallest absolute Gasteiger partial charge is 0.0205 e. The minimum atomic E-state index is 0.698. The first kappa shape index (κ1) is 10.6. The van der Waals surface area contributed by atoms with Crippen molar-refractivity contribution in [3.8, 4) is 0 Å². The molecule has 1 N–H and O–H groups in total. The van der Waals surface area contributed by atoms with Crippen LogP contribution >= 0.6 is 11.8 Å². The van der Waals surface area contributed by atoms with Crippen molar-refractivity contribution < 1.29 is 0 Å². The zero-order valence-electron chi connectivity index (χ0n) is 8.29. The van der Waals surface area contributed by atoms with Crippen LogP contribution < -0.4 is 5.32 Å². The summed E-state index contributed by atoms with van der Waals surface area (Å²) in [6.07, 6.45) is 2.15. The number of hydrogen-bond acceptors (Lipinski definition) is 2. The topological polar surface area (TPSA) is 12.0 Å². The Labute approximate surface area is 84.9 Å². The molecule has 2 heteroatoms. The predicted molar refractivity (Wildman–Crippen MR) is 61.1 cm³/mol. The molecular formula is C11H17NS. The minimum absolute atomic E-state index is 0.698. The largest absolute Gasteiger partial charge is 0.312 e. The van der Waals surface area contributed by atoms with Crippen LogP contribution in [0.4, 0.5) is 0 Å². The number of thioether (sulfide) groups is 1. The van der Waals surface area contributed by atoms with Crippen LogP contribution in [0.15, 0.2) is 30.3 Å². The molecule has 0 aliphatic heterocycles. The van der Waals surface area contributed by atoms with Crippen LogP contribution in [-0.4, -0.2) is 18.1 Å². The summed E-state index contributed by atoms with van der Waals surface area (Å²) >= 11 is 1.90. The summed E-state index contributed by atoms with van der Waals surface area (Å²) in [4.78, 5) is 0. The highest BCUT2D eigenvalue weighted by Gasteiger charge is 1.97. The van der Waals surface area contributed by atoms with E-state index in [-0.39, 0.29) is 0 Å². The Balaban J connectivity index is 2.20. The van der Waals surface area contributed by atoms with E-state index >= 15 is 0 Å². The molecule has 13 heavy (non-hydrogen) atoms. The molecule has 1 rings (SSSR count). The quantitative estimate of drug-likeness (QED) is 0.775. The van der Waals surface area contributed by atoms with Gasteiger partial charge in [0.25, 0.3) is 0 Å². The lowest BCUT2D eigenvalue weighted by atomic mass is 10.2. The highest BCUT2D eigenvalue weighted by atomic mass is 32.2. The van der Waals surface area contributed by atoms with Crippen LogP contribution in [0.1, 0.15) is 12.5 Å². The van der Waals surface area contributed by atoms with Crippen molar-refractivity contribution in [2.75, 3.05) is 12.8 Å². The second kappa shape index (κ2) is 6.06. The van der Waals surface area contributed by atoms with Crippen molar-refractivity contribution in [1.82, 2.24) is 5.32 Å². The molecule has 1 aromatic rings. The van der Waals surface area contributed by atoms with Gasteiger partial charge in [-0.1, -0.05) is 37.3 Å². The third-order valence-electron chi connectivity index (χ3n) is 2.01. The molecule has 1 unspecified atom stereocenters. The number of rotatable bonds is 5. The van der Waals surface area contributed by atoms with Crippen LogP contribution in [0.5, 0.6) is 0 Å². The van der Waals surface area contributed by atoms with Crippen molar-refractivity contribution in [1.29, 1.82) is 0 Å². The average molecular weight is 195 g/mol. The average Bonchev–Trinajstić information content (AvgIpc) is 2.19. The van der Waals surface area contributed by atoms with Crippen molar-refractivity contribution >= 4 is 11.8 Å². The third-order valence-corrected chi connectivity index (χ3v) is 2.98. The van der Waals surface area contributed by atoms with Crippen molar-refractivity contribution in [3.63, 3.8) is 0 Å². The fraction of sp³-hybridized carbons (Fsp3) is 0.455. The second-order valence-corrected chi connectivity index (χ2v) is 4.44. The Morgan fingerprint density at radius 1 is 1.31 bits per heavy atom. The molecule has 0 bridgehead atoms. The van der Waals surface area contributed by atoms with Crippen LogP contribution in [-0.2, 0) is 6.54 Å². The summed E-state index contributed by atoms with van der Waals surface area (Å²) in [5, 5.41) is 4.13. The van der Waals surface area contributed by atoms with E-state index in [1.807, 2.05) is 17.8 Å². The Bertz CT molecular complexity index is 223. The maximum absolute atomic E-state index is 3.43. The lowest BCUT2D eigenvalue weighted by molar-refractivity contribution is 0.684. The zero-order chi connectivity index (χ0) is 9.52. The van der Waals surface area contributed by atoms with Gasteiger partial charge in [-0.15, -0.1) is 0 Å². The summed E-state index contributed by atoms with van der Waals surface area (Å²) in [6.45, 7) is 4.30. The second-order valence-electron chi connectivity index (χ2n) is 3.16. The van der Waals surface area contributed by atoms with Crippen LogP contribution in [0.3, 0.4) is 0 Å². The SMILES string of the molecule is CSC(C)CNCc1ccccc1. The molecule has 0 aromatic heterocycles. The molecule has 1 nitrogen and oxygen atoms in total. The van der Waals surface area contributed by atoms with E-state index in [1.54, 1.807) is 0 Å². The van der Waals surface area contributed by atoms with Gasteiger partial charge >= 0.3 is 0 Å². The number of benzene rings is 1. The van der Waals surface area contributed by atoms with E-state index in [1.165, 1.54) is 5.56 Å². The van der Waals surface area contributed by atoms with Gasteiger partial charge in [0.1, 0.15) is 0 Å². The fourth-order valence-electron chi connectivity index (χ4n) is 1.10. The summed E-state index contributed by atoms with van der Waals surface area (Å²) in [5.74, 6) is 0. The van der Waals surface area contributed by atoms with E-state index in [0.29, 0.717) is 5.25 Å². The third kappa shape index (κ3) is 4.34. The highest BCUT2D eigenvalue weighted by Crippen LogP contribution is 2.03. The van der Waals surface area contributed by atoms with E-state index in [0.717, 1.165) is 13.1 Å². The monoisotopic (exact) mass is 195 g/mol. The predicted octanol–water partition coefficient (Wildman–Crippen LogP) is 2.53. The van der Waals surface area contributed by atoms with Gasteiger partial charge < -0.3 is 5.32 Å². The Morgan fingerprint density at radius 3 is 2.62 bits per heavy atom. The van der Waals surface area contributed by atoms with Crippen LogP contribution in [0.25, 0.3) is 0 Å². The van der Waals surface area contributed by atoms with E-state index < -0.39 is 0 Å². The molecule has 0 saturated heterocycles. The lowest BCUT2D eigenvalue weighted by Crippen LogP contribution is -2.21. The zero-order valence-corrected chi connectivity index (χ0v) is 9.10. The van der Waals surface area contributed by atoms with Crippen LogP contribution in [0.2, 0.25) is 0 Å². The molecule has 0 aliphatic carbocycles. The molecule has 0 aliphatic rings. The molecule has 0 radical (unpaired) electrons. The summed E-state index contributed by atoms with van der Waals surface area (Å²) in [6, 6.07) is 10.5.